The highest BCUT2D eigenvalue weighted by Gasteiger charge is 2.45. The number of nitrogens with one attached hydrogen (secondary N) is 1. The Morgan fingerprint density at radius 3 is 2.63 bits per heavy atom. The summed E-state index contributed by atoms with van der Waals surface area (Å²) in [6, 6.07) is 8.17. The first kappa shape index (κ1) is 33.2. The van der Waals surface area contributed by atoms with E-state index in [4.69, 9.17) is 4.74 Å². The first-order valence-electron chi connectivity index (χ1n) is 16.4. The monoisotopic (exact) mass is 671 g/mol. The molecule has 2 fully saturated rings. The molecule has 250 valence electrons. The van der Waals surface area contributed by atoms with Crippen LogP contribution < -0.4 is 5.32 Å². The van der Waals surface area contributed by atoms with E-state index < -0.39 is 24.0 Å². The maximum atomic E-state index is 14.2. The Kier molecular flexibility index (Phi) is 9.66. The maximum absolute atomic E-state index is 14.2. The van der Waals surface area contributed by atoms with Crippen LogP contribution in [0.15, 0.2) is 35.6 Å². The molecule has 0 atom stereocenters. The van der Waals surface area contributed by atoms with Crippen molar-refractivity contribution in [3.8, 4) is 11.1 Å². The molecule has 1 aliphatic carbocycles. The molecule has 0 unspecified atom stereocenters. The van der Waals surface area contributed by atoms with Gasteiger partial charge in [-0.1, -0.05) is 31.8 Å². The van der Waals surface area contributed by atoms with E-state index in [9.17, 15) is 17.9 Å². The van der Waals surface area contributed by atoms with Crippen LogP contribution in [0.2, 0.25) is 25.7 Å². The molecule has 0 bridgehead atoms. The normalized spacial score (nSPS) is 18.8. The van der Waals surface area contributed by atoms with Crippen molar-refractivity contribution in [3.05, 3.63) is 47.5 Å². The number of hydrogen-bond donors (Lipinski definition) is 2. The van der Waals surface area contributed by atoms with Crippen LogP contribution in [0.25, 0.3) is 11.1 Å². The van der Waals surface area contributed by atoms with Gasteiger partial charge in [0.05, 0.1) is 12.3 Å². The van der Waals surface area contributed by atoms with Gasteiger partial charge in [-0.05, 0) is 80.3 Å². The topological polar surface area (TPSA) is 126 Å². The third-order valence-electron chi connectivity index (χ3n) is 9.75. The number of hydrogen-bond acceptors (Lipinski definition) is 9. The van der Waals surface area contributed by atoms with Crippen LogP contribution >= 0.6 is 0 Å². The molecule has 46 heavy (non-hydrogen) atoms. The standard InChI is InChI=1S/C32H46FN7O4SSi/c1-46(2,3)21-20-44-23-40-30(35-29-26-7-4-6-24(26)8-9-27(29)25-10-14-34-28(33)22-25)36-31(37-40)45(42,43)39-16-12-32(13-17-39)11-5-15-38(32)18-19-41/h8-10,14,22,41H,4-7,11-13,15-21,23H2,1-3H3,(H,35,36,37). The van der Waals surface area contributed by atoms with E-state index in [1.54, 1.807) is 6.07 Å². The SMILES string of the molecule is C[Si](C)(C)CCOCn1nc(S(=O)(=O)N2CCC3(CCCN3CCO)CC2)nc1Nc1c(-c2ccnc(F)c2)ccc2c1CCC2. The zero-order valence-electron chi connectivity index (χ0n) is 27.1. The Bertz CT molecular complexity index is 1650. The minimum atomic E-state index is -3.99. The average Bonchev–Trinajstić information content (AvgIpc) is 3.75. The fourth-order valence-electron chi connectivity index (χ4n) is 7.16. The molecule has 6 rings (SSSR count). The number of halogens is 1. The molecule has 0 saturated carbocycles. The number of aliphatic hydroxyl groups excluding tert-OH is 1. The Morgan fingerprint density at radius 1 is 1.09 bits per heavy atom. The lowest BCUT2D eigenvalue weighted by Gasteiger charge is -2.44. The second-order valence-electron chi connectivity index (χ2n) is 14.0. The summed E-state index contributed by atoms with van der Waals surface area (Å²) >= 11 is 0. The smallest absolute Gasteiger partial charge is 0.284 e. The van der Waals surface area contributed by atoms with Gasteiger partial charge < -0.3 is 15.2 Å². The summed E-state index contributed by atoms with van der Waals surface area (Å²) in [7, 11) is -5.33. The molecule has 1 spiro atoms. The van der Waals surface area contributed by atoms with E-state index in [0.717, 1.165) is 61.5 Å². The lowest BCUT2D eigenvalue weighted by molar-refractivity contribution is 0.0625. The van der Waals surface area contributed by atoms with Gasteiger partial charge >= 0.3 is 0 Å². The summed E-state index contributed by atoms with van der Waals surface area (Å²) in [6.07, 6.45) is 7.71. The minimum absolute atomic E-state index is 0.0445. The van der Waals surface area contributed by atoms with Crippen LogP contribution in [0.3, 0.4) is 0 Å². The number of anilines is 2. The Hall–Kier alpha value is -2.75. The van der Waals surface area contributed by atoms with Gasteiger partial charge in [0.2, 0.25) is 11.9 Å². The fraction of sp³-hybridized carbons (Fsp3) is 0.594. The molecule has 3 aromatic rings. The Labute approximate surface area is 272 Å². The second kappa shape index (κ2) is 13.4. The van der Waals surface area contributed by atoms with E-state index in [0.29, 0.717) is 44.6 Å². The van der Waals surface area contributed by atoms with E-state index in [1.807, 2.05) is 6.07 Å². The average molecular weight is 672 g/mol. The van der Waals surface area contributed by atoms with Crippen LogP contribution in [0.5, 0.6) is 0 Å². The number of aromatic nitrogens is 4. The van der Waals surface area contributed by atoms with E-state index in [2.05, 4.69) is 51.0 Å². The molecule has 2 aliphatic heterocycles. The van der Waals surface area contributed by atoms with Crippen LogP contribution in [0.1, 0.15) is 43.2 Å². The quantitative estimate of drug-likeness (QED) is 0.161. The summed E-state index contributed by atoms with van der Waals surface area (Å²) < 4.78 is 51.3. The maximum Gasteiger partial charge on any atom is 0.284 e. The number of benzene rings is 1. The summed E-state index contributed by atoms with van der Waals surface area (Å²) in [5.41, 5.74) is 4.47. The molecule has 0 radical (unpaired) electrons. The molecular weight excluding hydrogens is 626 g/mol. The molecule has 1 aromatic carbocycles. The molecule has 14 heteroatoms. The number of rotatable bonds is 12. The van der Waals surface area contributed by atoms with Crippen molar-refractivity contribution in [1.82, 2.24) is 29.0 Å². The third-order valence-corrected chi connectivity index (χ3v) is 13.1. The fourth-order valence-corrected chi connectivity index (χ4v) is 9.22. The van der Waals surface area contributed by atoms with Gasteiger partial charge in [0.25, 0.3) is 15.2 Å². The largest absolute Gasteiger partial charge is 0.395 e. The highest BCUT2D eigenvalue weighted by atomic mass is 32.2. The van der Waals surface area contributed by atoms with Crippen molar-refractivity contribution in [2.24, 2.45) is 0 Å². The van der Waals surface area contributed by atoms with Gasteiger partial charge in [-0.15, -0.1) is 5.10 Å². The zero-order chi connectivity index (χ0) is 32.5. The number of nitrogens with zero attached hydrogens (tertiary/aromatic N) is 6. The lowest BCUT2D eigenvalue weighted by atomic mass is 9.86. The number of sulfonamides is 1. The molecule has 3 aliphatic rings. The predicted molar refractivity (Wildman–Crippen MR) is 178 cm³/mol. The molecule has 2 N–H and O–H groups in total. The van der Waals surface area contributed by atoms with E-state index >= 15 is 0 Å². The van der Waals surface area contributed by atoms with Crippen LogP contribution in [0.4, 0.5) is 16.0 Å². The lowest BCUT2D eigenvalue weighted by Crippen LogP contribution is -2.53. The summed E-state index contributed by atoms with van der Waals surface area (Å²) in [5.74, 6) is -0.308. The number of aryl methyl sites for hydroxylation is 1. The second-order valence-corrected chi connectivity index (χ2v) is 21.4. The van der Waals surface area contributed by atoms with Gasteiger partial charge in [0.15, 0.2) is 0 Å². The minimum Gasteiger partial charge on any atom is -0.395 e. The first-order chi connectivity index (χ1) is 22.0. The number of pyridine rings is 1. The molecule has 11 nitrogen and oxygen atoms in total. The number of aliphatic hydroxyl groups is 1. The van der Waals surface area contributed by atoms with Crippen molar-refractivity contribution in [2.75, 3.05) is 44.7 Å². The summed E-state index contributed by atoms with van der Waals surface area (Å²) in [4.78, 5) is 10.7. The van der Waals surface area contributed by atoms with Crippen molar-refractivity contribution < 1.29 is 22.7 Å². The van der Waals surface area contributed by atoms with Crippen molar-refractivity contribution >= 4 is 29.7 Å². The number of piperidine rings is 1. The molecule has 4 heterocycles. The van der Waals surface area contributed by atoms with Gasteiger partial charge in [0.1, 0.15) is 6.73 Å². The third kappa shape index (κ3) is 6.92. The van der Waals surface area contributed by atoms with E-state index in [1.165, 1.54) is 26.8 Å². The van der Waals surface area contributed by atoms with Gasteiger partial charge in [-0.3, -0.25) is 4.90 Å². The van der Waals surface area contributed by atoms with Crippen molar-refractivity contribution in [1.29, 1.82) is 0 Å². The first-order valence-corrected chi connectivity index (χ1v) is 21.6. The molecule has 2 saturated heterocycles. The Balaban J connectivity index is 1.31. The Morgan fingerprint density at radius 2 is 1.89 bits per heavy atom. The number of β-amino-alcohol motifs (C(OH)–C–C–N with tert-alkyl or cyclic N) is 1. The number of likely N-dealkylation sites (tertiary alicyclic amines) is 1. The zero-order valence-corrected chi connectivity index (χ0v) is 29.0. The van der Waals surface area contributed by atoms with Crippen LogP contribution in [-0.4, -0.2) is 95.5 Å². The van der Waals surface area contributed by atoms with Crippen LogP contribution in [-0.2, 0) is 34.3 Å². The highest BCUT2D eigenvalue weighted by molar-refractivity contribution is 7.89. The molecule has 2 aromatic heterocycles. The van der Waals surface area contributed by atoms with Gasteiger partial charge in [-0.2, -0.15) is 13.7 Å². The van der Waals surface area contributed by atoms with Crippen LogP contribution in [0, 0.1) is 5.95 Å². The number of ether oxygens (including phenoxy) is 1. The van der Waals surface area contributed by atoms with Crippen molar-refractivity contribution in [2.45, 2.75) is 88.1 Å². The van der Waals surface area contributed by atoms with Gasteiger partial charge in [-0.25, -0.2) is 18.1 Å². The van der Waals surface area contributed by atoms with Gasteiger partial charge in [0, 0.05) is 57.7 Å². The van der Waals surface area contributed by atoms with E-state index in [-0.39, 0.29) is 30.0 Å². The predicted octanol–water partition coefficient (Wildman–Crippen LogP) is 4.64. The molecular formula is C32H46FN7O4SSi. The van der Waals surface area contributed by atoms with Crippen molar-refractivity contribution in [3.63, 3.8) is 0 Å². The number of fused-ring (bicyclic) bond motifs is 1. The summed E-state index contributed by atoms with van der Waals surface area (Å²) in [5, 5.41) is 17.3. The highest BCUT2D eigenvalue weighted by Crippen LogP contribution is 2.41. The molecule has 0 amide bonds. The summed E-state index contributed by atoms with van der Waals surface area (Å²) in [6.45, 7) is 9.81.